The third-order valence-corrected chi connectivity index (χ3v) is 0.657. The molecule has 6 heteroatoms. The molecule has 1 unspecified atom stereocenters. The van der Waals surface area contributed by atoms with Crippen LogP contribution in [-0.4, -0.2) is 22.3 Å². The van der Waals surface area contributed by atoms with Crippen LogP contribution in [0.2, 0.25) is 0 Å². The van der Waals surface area contributed by atoms with Gasteiger partial charge < -0.3 is 5.11 Å². The fourth-order valence-corrected chi connectivity index (χ4v) is 0.282. The molecule has 0 bridgehead atoms. The second-order valence-corrected chi connectivity index (χ2v) is 1.32. The van der Waals surface area contributed by atoms with Crippen LogP contribution in [-0.2, 0) is 9.63 Å². The Hall–Kier alpha value is -1.59. The number of rotatable bonds is 4. The van der Waals surface area contributed by atoms with Crippen LogP contribution in [0.4, 0.5) is 0 Å². The maximum atomic E-state index is 9.97. The Kier molecular flexibility index (Phi) is 2.89. The fraction of sp³-hybridized carbons (Fsp3) is 0.250. The summed E-state index contributed by atoms with van der Waals surface area (Å²) in [5.74, 6) is -1.44. The van der Waals surface area contributed by atoms with E-state index in [9.17, 15) is 14.9 Å². The molecule has 0 aliphatic rings. The van der Waals surface area contributed by atoms with E-state index in [0.717, 1.165) is 6.08 Å². The number of hydrogen-bond acceptors (Lipinski definition) is 4. The number of carboxylic acids is 1. The van der Waals surface area contributed by atoms with Crippen LogP contribution in [0.15, 0.2) is 12.7 Å². The Labute approximate surface area is 55.8 Å². The molecule has 0 saturated heterocycles. The van der Waals surface area contributed by atoms with Crippen molar-refractivity contribution >= 4 is 5.97 Å². The molecule has 1 N–H and O–H groups in total. The van der Waals surface area contributed by atoms with E-state index in [1.54, 1.807) is 0 Å². The van der Waals surface area contributed by atoms with E-state index in [1.807, 2.05) is 0 Å². The summed E-state index contributed by atoms with van der Waals surface area (Å²) in [6.45, 7) is 3.03. The first kappa shape index (κ1) is 8.41. The number of carboxylic acid groups (broad SMARTS) is 1. The molecule has 0 rings (SSSR count). The summed E-state index contributed by atoms with van der Waals surface area (Å²) in [7, 11) is 0. The normalized spacial score (nSPS) is 11.6. The van der Waals surface area contributed by atoms with Crippen molar-refractivity contribution in [1.82, 2.24) is 0 Å². The summed E-state index contributed by atoms with van der Waals surface area (Å²) in [5.41, 5.74) is 0. The van der Waals surface area contributed by atoms with Gasteiger partial charge in [0, 0.05) is 0 Å². The molecular weight excluding hydrogens is 142 g/mol. The first-order chi connectivity index (χ1) is 4.57. The summed E-state index contributed by atoms with van der Waals surface area (Å²) in [4.78, 5) is 23.2. The molecule has 56 valence electrons. The molecule has 0 saturated carbocycles. The monoisotopic (exact) mass is 147 g/mol. The van der Waals surface area contributed by atoms with Gasteiger partial charge in [-0.3, -0.25) is 4.84 Å². The zero-order chi connectivity index (χ0) is 8.15. The Morgan fingerprint density at radius 2 is 2.40 bits per heavy atom. The zero-order valence-corrected chi connectivity index (χ0v) is 4.89. The SMILES string of the molecule is C=CC(O[N+](=O)[O-])C(=O)O. The maximum absolute atomic E-state index is 9.97. The van der Waals surface area contributed by atoms with Crippen LogP contribution >= 0.6 is 0 Å². The number of hydrogen-bond donors (Lipinski definition) is 1. The van der Waals surface area contributed by atoms with Crippen LogP contribution in [0.5, 0.6) is 0 Å². The van der Waals surface area contributed by atoms with E-state index in [0.29, 0.717) is 0 Å². The van der Waals surface area contributed by atoms with E-state index in [-0.39, 0.29) is 0 Å². The molecule has 0 aromatic heterocycles. The summed E-state index contributed by atoms with van der Waals surface area (Å²) in [6, 6.07) is 0. The fourth-order valence-electron chi connectivity index (χ4n) is 0.282. The number of nitrogens with zero attached hydrogens (tertiary/aromatic N) is 1. The van der Waals surface area contributed by atoms with Gasteiger partial charge >= 0.3 is 5.97 Å². The van der Waals surface area contributed by atoms with E-state index in [4.69, 9.17) is 5.11 Å². The van der Waals surface area contributed by atoms with Crippen LogP contribution < -0.4 is 0 Å². The lowest BCUT2D eigenvalue weighted by Crippen LogP contribution is -2.23. The van der Waals surface area contributed by atoms with Crippen LogP contribution in [0.1, 0.15) is 0 Å². The lowest BCUT2D eigenvalue weighted by Gasteiger charge is -2.01. The first-order valence-electron chi connectivity index (χ1n) is 2.24. The molecule has 1 atom stereocenters. The van der Waals surface area contributed by atoms with Crippen molar-refractivity contribution in [2.45, 2.75) is 6.10 Å². The van der Waals surface area contributed by atoms with Gasteiger partial charge in [0.05, 0.1) is 0 Å². The molecule has 0 aliphatic heterocycles. The standard InChI is InChI=1S/C4H5NO5/c1-2-3(4(6)7)10-5(8)9/h2-3H,1H2,(H,6,7). The largest absolute Gasteiger partial charge is 0.479 e. The van der Waals surface area contributed by atoms with E-state index in [1.165, 1.54) is 0 Å². The van der Waals surface area contributed by atoms with Crippen molar-refractivity contribution < 1.29 is 19.8 Å². The van der Waals surface area contributed by atoms with Gasteiger partial charge in [-0.25, -0.2) is 4.79 Å². The summed E-state index contributed by atoms with van der Waals surface area (Å²) < 4.78 is 0. The summed E-state index contributed by atoms with van der Waals surface area (Å²) in [5, 5.41) is 16.5. The van der Waals surface area contributed by atoms with Crippen molar-refractivity contribution in [2.24, 2.45) is 0 Å². The van der Waals surface area contributed by atoms with Crippen molar-refractivity contribution in [3.8, 4) is 0 Å². The minimum absolute atomic E-state index is 0.825. The van der Waals surface area contributed by atoms with Gasteiger partial charge in [-0.1, -0.05) is 6.08 Å². The second-order valence-electron chi connectivity index (χ2n) is 1.32. The van der Waals surface area contributed by atoms with E-state index < -0.39 is 17.2 Å². The predicted molar refractivity (Wildman–Crippen MR) is 29.7 cm³/mol. The maximum Gasteiger partial charge on any atom is 0.336 e. The van der Waals surface area contributed by atoms with Crippen molar-refractivity contribution in [3.05, 3.63) is 22.8 Å². The van der Waals surface area contributed by atoms with Gasteiger partial charge in [0.1, 0.15) is 0 Å². The third kappa shape index (κ3) is 2.65. The van der Waals surface area contributed by atoms with E-state index in [2.05, 4.69) is 11.4 Å². The van der Waals surface area contributed by atoms with Gasteiger partial charge in [0.25, 0.3) is 5.09 Å². The van der Waals surface area contributed by atoms with Gasteiger partial charge in [-0.15, -0.1) is 16.7 Å². The molecule has 0 spiro atoms. The molecule has 0 amide bonds. The topological polar surface area (TPSA) is 89.7 Å². The summed E-state index contributed by atoms with van der Waals surface area (Å²) >= 11 is 0. The van der Waals surface area contributed by atoms with Crippen molar-refractivity contribution in [1.29, 1.82) is 0 Å². The van der Waals surface area contributed by atoms with Crippen LogP contribution in [0, 0.1) is 10.1 Å². The summed E-state index contributed by atoms with van der Waals surface area (Å²) in [6.07, 6.45) is -0.750. The molecule has 0 aromatic rings. The molecule has 0 fully saturated rings. The minimum atomic E-state index is -1.57. The highest BCUT2D eigenvalue weighted by Crippen LogP contribution is 1.92. The Bertz CT molecular complexity index is 165. The molecule has 10 heavy (non-hydrogen) atoms. The van der Waals surface area contributed by atoms with Gasteiger partial charge in [-0.2, -0.15) is 0 Å². The number of aliphatic carboxylic acids is 1. The van der Waals surface area contributed by atoms with Crippen molar-refractivity contribution in [3.63, 3.8) is 0 Å². The first-order valence-corrected chi connectivity index (χ1v) is 2.24. The van der Waals surface area contributed by atoms with Gasteiger partial charge in [-0.05, 0) is 0 Å². The average Bonchev–Trinajstić information content (AvgIpc) is 1.81. The smallest absolute Gasteiger partial charge is 0.336 e. The molecule has 0 heterocycles. The lowest BCUT2D eigenvalue weighted by atomic mass is 10.4. The molecule has 0 radical (unpaired) electrons. The quantitative estimate of drug-likeness (QED) is 0.339. The Morgan fingerprint density at radius 1 is 1.90 bits per heavy atom. The zero-order valence-electron chi connectivity index (χ0n) is 4.89. The minimum Gasteiger partial charge on any atom is -0.479 e. The highest BCUT2D eigenvalue weighted by Gasteiger charge is 2.16. The Balaban J connectivity index is 3.96. The molecule has 0 aliphatic carbocycles. The molecule has 0 aromatic carbocycles. The molecule has 6 nitrogen and oxygen atoms in total. The number of carbonyl (C=O) groups is 1. The van der Waals surface area contributed by atoms with E-state index >= 15 is 0 Å². The second kappa shape index (κ2) is 3.44. The van der Waals surface area contributed by atoms with Crippen LogP contribution in [0.3, 0.4) is 0 Å². The highest BCUT2D eigenvalue weighted by atomic mass is 17.0. The van der Waals surface area contributed by atoms with Crippen molar-refractivity contribution in [2.75, 3.05) is 0 Å². The van der Waals surface area contributed by atoms with Crippen LogP contribution in [0.25, 0.3) is 0 Å². The lowest BCUT2D eigenvalue weighted by molar-refractivity contribution is -0.761. The third-order valence-electron chi connectivity index (χ3n) is 0.657. The predicted octanol–water partition coefficient (Wildman–Crippen LogP) is -0.166. The van der Waals surface area contributed by atoms with Gasteiger partial charge in [0.15, 0.2) is 0 Å². The average molecular weight is 147 g/mol. The highest BCUT2D eigenvalue weighted by molar-refractivity contribution is 5.74. The molecular formula is C4H5NO5. The van der Waals surface area contributed by atoms with Gasteiger partial charge in [0.2, 0.25) is 6.10 Å². The Morgan fingerprint density at radius 3 is 2.50 bits per heavy atom.